The minimum Gasteiger partial charge on any atom is -0.496 e. The van der Waals surface area contributed by atoms with Crippen LogP contribution in [0.25, 0.3) is 0 Å². The summed E-state index contributed by atoms with van der Waals surface area (Å²) >= 11 is 0. The molecule has 2 N–H and O–H groups in total. The summed E-state index contributed by atoms with van der Waals surface area (Å²) in [5, 5.41) is 19.7. The van der Waals surface area contributed by atoms with Crippen molar-refractivity contribution in [1.29, 1.82) is 0 Å². The highest BCUT2D eigenvalue weighted by Gasteiger charge is 2.35. The lowest BCUT2D eigenvalue weighted by atomic mass is 10.00. The summed E-state index contributed by atoms with van der Waals surface area (Å²) in [6, 6.07) is 2.74. The molecule has 8 heteroatoms. The molecule has 0 aliphatic rings. The van der Waals surface area contributed by atoms with Crippen LogP contribution < -0.4 is 4.74 Å². The number of carbonyl (C=O) groups excluding carboxylic acids is 1. The Bertz CT molecular complexity index is 516. The van der Waals surface area contributed by atoms with Crippen LogP contribution in [0.2, 0.25) is 0 Å². The Labute approximate surface area is 125 Å². The second-order valence-corrected chi connectivity index (χ2v) is 4.48. The molecular weight excluding hydrogens is 305 g/mol. The lowest BCUT2D eigenvalue weighted by Gasteiger charge is -2.19. The van der Waals surface area contributed by atoms with Crippen molar-refractivity contribution in [3.8, 4) is 5.75 Å². The topological polar surface area (TPSA) is 76.0 Å². The fourth-order valence-corrected chi connectivity index (χ4v) is 1.85. The van der Waals surface area contributed by atoms with Crippen molar-refractivity contribution in [2.75, 3.05) is 13.7 Å². The van der Waals surface area contributed by atoms with E-state index in [0.29, 0.717) is 0 Å². The Morgan fingerprint density at radius 3 is 2.45 bits per heavy atom. The van der Waals surface area contributed by atoms with Crippen molar-refractivity contribution in [2.24, 2.45) is 0 Å². The number of esters is 1. The van der Waals surface area contributed by atoms with Gasteiger partial charge in [0.1, 0.15) is 11.9 Å². The van der Waals surface area contributed by atoms with Crippen molar-refractivity contribution in [1.82, 2.24) is 0 Å². The standard InChI is InChI=1S/C14H17F3O5/c1-3-22-12(19)7-10(18)13(20)8-4-5-9(14(15,16)17)11(6-8)21-2/h4-6,10,13,18,20H,3,7H2,1-2H3. The van der Waals surface area contributed by atoms with Gasteiger partial charge in [-0.05, 0) is 24.6 Å². The zero-order chi connectivity index (χ0) is 16.9. The number of alkyl halides is 3. The van der Waals surface area contributed by atoms with Gasteiger partial charge < -0.3 is 19.7 Å². The monoisotopic (exact) mass is 322 g/mol. The highest BCUT2D eigenvalue weighted by atomic mass is 19.4. The van der Waals surface area contributed by atoms with Crippen molar-refractivity contribution in [3.05, 3.63) is 29.3 Å². The SMILES string of the molecule is CCOC(=O)CC(O)C(O)c1ccc(C(F)(F)F)c(OC)c1. The van der Waals surface area contributed by atoms with Crippen LogP contribution in [-0.4, -0.2) is 36.0 Å². The summed E-state index contributed by atoms with van der Waals surface area (Å²) < 4.78 is 47.5. The molecule has 0 aromatic heterocycles. The van der Waals surface area contributed by atoms with E-state index in [1.54, 1.807) is 6.92 Å². The summed E-state index contributed by atoms with van der Waals surface area (Å²) in [6.07, 6.45) is -8.11. The number of ether oxygens (including phenoxy) is 2. The number of aliphatic hydroxyl groups is 2. The Morgan fingerprint density at radius 2 is 1.95 bits per heavy atom. The fourth-order valence-electron chi connectivity index (χ4n) is 1.85. The number of hydrogen-bond donors (Lipinski definition) is 2. The van der Waals surface area contributed by atoms with Crippen LogP contribution in [0.5, 0.6) is 5.75 Å². The Morgan fingerprint density at radius 1 is 1.32 bits per heavy atom. The van der Waals surface area contributed by atoms with Crippen LogP contribution in [-0.2, 0) is 15.7 Å². The van der Waals surface area contributed by atoms with E-state index in [0.717, 1.165) is 25.3 Å². The molecule has 0 radical (unpaired) electrons. The van der Waals surface area contributed by atoms with E-state index in [2.05, 4.69) is 9.47 Å². The van der Waals surface area contributed by atoms with Gasteiger partial charge in [0, 0.05) is 0 Å². The predicted molar refractivity (Wildman–Crippen MR) is 70.2 cm³/mol. The first kappa shape index (κ1) is 18.2. The molecule has 2 unspecified atom stereocenters. The van der Waals surface area contributed by atoms with Gasteiger partial charge in [0.15, 0.2) is 0 Å². The number of aliphatic hydroxyl groups excluding tert-OH is 2. The van der Waals surface area contributed by atoms with Gasteiger partial charge in [-0.1, -0.05) is 6.07 Å². The highest BCUT2D eigenvalue weighted by Crippen LogP contribution is 2.37. The van der Waals surface area contributed by atoms with E-state index >= 15 is 0 Å². The van der Waals surface area contributed by atoms with Crippen LogP contribution in [0.15, 0.2) is 18.2 Å². The molecule has 0 aliphatic heterocycles. The van der Waals surface area contributed by atoms with Crippen LogP contribution >= 0.6 is 0 Å². The largest absolute Gasteiger partial charge is 0.496 e. The summed E-state index contributed by atoms with van der Waals surface area (Å²) in [7, 11) is 1.07. The number of rotatable bonds is 6. The smallest absolute Gasteiger partial charge is 0.419 e. The van der Waals surface area contributed by atoms with Crippen molar-refractivity contribution in [2.45, 2.75) is 31.7 Å². The molecule has 1 rings (SSSR count). The lowest BCUT2D eigenvalue weighted by Crippen LogP contribution is -2.23. The maximum Gasteiger partial charge on any atom is 0.419 e. The normalized spacial score (nSPS) is 14.3. The van der Waals surface area contributed by atoms with Crippen LogP contribution in [0, 0.1) is 0 Å². The second-order valence-electron chi connectivity index (χ2n) is 4.48. The van der Waals surface area contributed by atoms with Crippen LogP contribution in [0.3, 0.4) is 0 Å². The minimum atomic E-state index is -4.60. The van der Waals surface area contributed by atoms with Crippen LogP contribution in [0.1, 0.15) is 30.6 Å². The number of halogens is 3. The van der Waals surface area contributed by atoms with E-state index in [4.69, 9.17) is 0 Å². The average Bonchev–Trinajstić information content (AvgIpc) is 2.44. The third-order valence-corrected chi connectivity index (χ3v) is 2.92. The maximum absolute atomic E-state index is 12.7. The van der Waals surface area contributed by atoms with Gasteiger partial charge in [-0.3, -0.25) is 4.79 Å². The maximum atomic E-state index is 12.7. The molecule has 1 aromatic carbocycles. The average molecular weight is 322 g/mol. The molecule has 0 saturated carbocycles. The Hall–Kier alpha value is -1.80. The molecule has 0 fully saturated rings. The van der Waals surface area contributed by atoms with E-state index < -0.39 is 42.1 Å². The van der Waals surface area contributed by atoms with Gasteiger partial charge in [-0.15, -0.1) is 0 Å². The third-order valence-electron chi connectivity index (χ3n) is 2.92. The number of benzene rings is 1. The Kier molecular flexibility index (Phi) is 6.19. The summed E-state index contributed by atoms with van der Waals surface area (Å²) in [5.74, 6) is -1.19. The molecule has 2 atom stereocenters. The Balaban J connectivity index is 2.94. The van der Waals surface area contributed by atoms with Gasteiger partial charge in [0.05, 0.1) is 31.8 Å². The van der Waals surface area contributed by atoms with E-state index in [1.165, 1.54) is 0 Å². The molecule has 0 bridgehead atoms. The summed E-state index contributed by atoms with van der Waals surface area (Å²) in [6.45, 7) is 1.71. The van der Waals surface area contributed by atoms with E-state index in [9.17, 15) is 28.2 Å². The molecule has 0 heterocycles. The molecule has 22 heavy (non-hydrogen) atoms. The zero-order valence-electron chi connectivity index (χ0n) is 12.1. The van der Waals surface area contributed by atoms with Crippen LogP contribution in [0.4, 0.5) is 13.2 Å². The van der Waals surface area contributed by atoms with Gasteiger partial charge in [-0.2, -0.15) is 13.2 Å². The minimum absolute atomic E-state index is 0.00153. The quantitative estimate of drug-likeness (QED) is 0.784. The van der Waals surface area contributed by atoms with Gasteiger partial charge in [0.25, 0.3) is 0 Å². The first-order valence-corrected chi connectivity index (χ1v) is 6.47. The van der Waals surface area contributed by atoms with Gasteiger partial charge >= 0.3 is 12.1 Å². The number of carbonyl (C=O) groups is 1. The molecule has 0 amide bonds. The molecule has 0 saturated heterocycles. The summed E-state index contributed by atoms with van der Waals surface area (Å²) in [5.41, 5.74) is -0.993. The molecule has 0 spiro atoms. The van der Waals surface area contributed by atoms with E-state index in [1.807, 2.05) is 0 Å². The first-order chi connectivity index (χ1) is 10.2. The summed E-state index contributed by atoms with van der Waals surface area (Å²) in [4.78, 5) is 11.2. The first-order valence-electron chi connectivity index (χ1n) is 6.47. The number of hydrogen-bond acceptors (Lipinski definition) is 5. The van der Waals surface area contributed by atoms with Crippen molar-refractivity contribution in [3.63, 3.8) is 0 Å². The molecule has 124 valence electrons. The molecule has 1 aromatic rings. The van der Waals surface area contributed by atoms with E-state index in [-0.39, 0.29) is 12.2 Å². The molecular formula is C14H17F3O5. The molecule has 5 nitrogen and oxygen atoms in total. The van der Waals surface area contributed by atoms with Crippen molar-refractivity contribution >= 4 is 5.97 Å². The number of methoxy groups -OCH3 is 1. The zero-order valence-corrected chi connectivity index (χ0v) is 12.1. The molecule has 0 aliphatic carbocycles. The van der Waals surface area contributed by atoms with Gasteiger partial charge in [0.2, 0.25) is 0 Å². The predicted octanol–water partition coefficient (Wildman–Crippen LogP) is 2.06. The lowest BCUT2D eigenvalue weighted by molar-refractivity contribution is -0.147. The fraction of sp³-hybridized carbons (Fsp3) is 0.500. The third kappa shape index (κ3) is 4.60. The highest BCUT2D eigenvalue weighted by molar-refractivity contribution is 5.70. The van der Waals surface area contributed by atoms with Gasteiger partial charge in [-0.25, -0.2) is 0 Å². The second kappa shape index (κ2) is 7.46. The van der Waals surface area contributed by atoms with Crippen molar-refractivity contribution < 1.29 is 37.7 Å².